The molecule has 0 aliphatic heterocycles. The third kappa shape index (κ3) is 4.68. The minimum absolute atomic E-state index is 0.117. The van der Waals surface area contributed by atoms with Gasteiger partial charge < -0.3 is 0 Å². The highest BCUT2D eigenvalue weighted by Crippen LogP contribution is 2.59. The van der Waals surface area contributed by atoms with Crippen LogP contribution >= 0.6 is 0 Å². The molecule has 7 aromatic rings. The lowest BCUT2D eigenvalue weighted by atomic mass is 9.67. The van der Waals surface area contributed by atoms with Gasteiger partial charge in [-0.3, -0.25) is 0 Å². The van der Waals surface area contributed by atoms with Gasteiger partial charge in [0, 0.05) is 27.5 Å². The molecule has 246 valence electrons. The van der Waals surface area contributed by atoms with Crippen molar-refractivity contribution in [3.8, 4) is 67.5 Å². The molecule has 0 amide bonds. The Morgan fingerprint density at radius 1 is 0.373 bits per heavy atom. The van der Waals surface area contributed by atoms with E-state index >= 15 is 0 Å². The third-order valence-corrected chi connectivity index (χ3v) is 11.9. The van der Waals surface area contributed by atoms with Crippen molar-refractivity contribution in [3.05, 3.63) is 162 Å². The Morgan fingerprint density at radius 2 is 0.882 bits per heavy atom. The van der Waals surface area contributed by atoms with Crippen LogP contribution in [0.5, 0.6) is 0 Å². The lowest BCUT2D eigenvalue weighted by Gasteiger charge is -2.36. The fourth-order valence-corrected chi connectivity index (χ4v) is 9.33. The summed E-state index contributed by atoms with van der Waals surface area (Å²) < 4.78 is 0. The van der Waals surface area contributed by atoms with Gasteiger partial charge in [0.25, 0.3) is 0 Å². The average molecular weight is 658 g/mol. The van der Waals surface area contributed by atoms with Gasteiger partial charge in [-0.25, -0.2) is 15.0 Å². The van der Waals surface area contributed by atoms with E-state index in [-0.39, 0.29) is 10.8 Å². The smallest absolute Gasteiger partial charge is 0.164 e. The molecule has 6 aromatic carbocycles. The van der Waals surface area contributed by atoms with Crippen molar-refractivity contribution >= 4 is 0 Å². The van der Waals surface area contributed by atoms with Gasteiger partial charge >= 0.3 is 0 Å². The topological polar surface area (TPSA) is 38.7 Å². The summed E-state index contributed by atoms with van der Waals surface area (Å²) in [5.74, 6) is 2.02. The molecule has 3 aliphatic carbocycles. The molecule has 3 aliphatic rings. The quantitative estimate of drug-likeness (QED) is 0.189. The number of aromatic nitrogens is 3. The molecular formula is C48H39N3. The molecule has 3 nitrogen and oxygen atoms in total. The first-order valence-electron chi connectivity index (χ1n) is 18.4. The minimum Gasteiger partial charge on any atom is -0.208 e. The van der Waals surface area contributed by atoms with Crippen LogP contribution in [0.1, 0.15) is 68.2 Å². The monoisotopic (exact) mass is 657 g/mol. The van der Waals surface area contributed by atoms with E-state index in [4.69, 9.17) is 15.0 Å². The fourth-order valence-electron chi connectivity index (χ4n) is 9.33. The Labute approximate surface area is 300 Å². The Hall–Kier alpha value is -5.67. The zero-order chi connectivity index (χ0) is 34.2. The largest absolute Gasteiger partial charge is 0.208 e. The number of rotatable bonds is 4. The average Bonchev–Trinajstić information content (AvgIpc) is 3.58. The van der Waals surface area contributed by atoms with Gasteiger partial charge in [-0.05, 0) is 92.7 Å². The highest BCUT2D eigenvalue weighted by Gasteiger charge is 2.46. The second kappa shape index (κ2) is 11.4. The lowest BCUT2D eigenvalue weighted by molar-refractivity contribution is 0.353. The van der Waals surface area contributed by atoms with Crippen LogP contribution in [0, 0.1) is 0 Å². The second-order valence-corrected chi connectivity index (χ2v) is 15.1. The van der Waals surface area contributed by atoms with Gasteiger partial charge in [-0.15, -0.1) is 0 Å². The van der Waals surface area contributed by atoms with Gasteiger partial charge in [0.1, 0.15) is 0 Å². The SMILES string of the molecule is CC1(C)c2cc(-c3cccc(-c4nc(-c5ccccc5)nc(-c5ccccc5)n4)c3)ccc2-c2cc3c(cc21)-c1ccccc1C31CCCCC1. The van der Waals surface area contributed by atoms with Crippen LogP contribution < -0.4 is 0 Å². The van der Waals surface area contributed by atoms with Crippen molar-refractivity contribution in [1.82, 2.24) is 15.0 Å². The van der Waals surface area contributed by atoms with Gasteiger partial charge in [-0.1, -0.05) is 148 Å². The Morgan fingerprint density at radius 3 is 1.59 bits per heavy atom. The zero-order valence-corrected chi connectivity index (χ0v) is 29.2. The van der Waals surface area contributed by atoms with Gasteiger partial charge in [-0.2, -0.15) is 0 Å². The van der Waals surface area contributed by atoms with Crippen LogP contribution in [0.15, 0.2) is 140 Å². The molecule has 3 heteroatoms. The van der Waals surface area contributed by atoms with E-state index in [1.54, 1.807) is 11.1 Å². The molecule has 10 rings (SSSR count). The molecule has 51 heavy (non-hydrogen) atoms. The molecule has 1 saturated carbocycles. The Balaban J connectivity index is 1.06. The van der Waals surface area contributed by atoms with Gasteiger partial charge in [0.05, 0.1) is 0 Å². The molecule has 1 spiro atoms. The summed E-state index contributed by atoms with van der Waals surface area (Å²) in [4.78, 5) is 14.9. The normalized spacial score (nSPS) is 16.0. The molecule has 0 radical (unpaired) electrons. The molecular weight excluding hydrogens is 619 g/mol. The Kier molecular flexibility index (Phi) is 6.76. The first-order valence-corrected chi connectivity index (χ1v) is 18.4. The highest BCUT2D eigenvalue weighted by molar-refractivity contribution is 5.91. The maximum atomic E-state index is 5.00. The van der Waals surface area contributed by atoms with Crippen molar-refractivity contribution in [2.45, 2.75) is 56.8 Å². The molecule has 1 fully saturated rings. The van der Waals surface area contributed by atoms with Crippen molar-refractivity contribution in [2.24, 2.45) is 0 Å². The fraction of sp³-hybridized carbons (Fsp3) is 0.188. The van der Waals surface area contributed by atoms with E-state index in [0.717, 1.165) is 22.3 Å². The van der Waals surface area contributed by atoms with Crippen molar-refractivity contribution in [1.29, 1.82) is 0 Å². The van der Waals surface area contributed by atoms with Crippen molar-refractivity contribution in [3.63, 3.8) is 0 Å². The second-order valence-electron chi connectivity index (χ2n) is 15.1. The number of nitrogens with zero attached hydrogens (tertiary/aromatic N) is 3. The van der Waals surface area contributed by atoms with E-state index < -0.39 is 0 Å². The van der Waals surface area contributed by atoms with Crippen LogP contribution in [0.3, 0.4) is 0 Å². The van der Waals surface area contributed by atoms with Crippen LogP contribution in [0.4, 0.5) is 0 Å². The summed E-state index contributed by atoms with van der Waals surface area (Å²) in [5, 5.41) is 0. The lowest BCUT2D eigenvalue weighted by Crippen LogP contribution is -2.28. The predicted octanol–water partition coefficient (Wildman–Crippen LogP) is 12.1. The number of hydrogen-bond acceptors (Lipinski definition) is 3. The summed E-state index contributed by atoms with van der Waals surface area (Å²) >= 11 is 0. The van der Waals surface area contributed by atoms with E-state index in [0.29, 0.717) is 17.5 Å². The molecule has 1 heterocycles. The molecule has 1 aromatic heterocycles. The first kappa shape index (κ1) is 30.2. The summed E-state index contributed by atoms with van der Waals surface area (Å²) in [7, 11) is 0. The van der Waals surface area contributed by atoms with Crippen LogP contribution in [-0.2, 0) is 10.8 Å². The molecule has 0 unspecified atom stereocenters. The van der Waals surface area contributed by atoms with Gasteiger partial charge in [0.15, 0.2) is 17.5 Å². The summed E-state index contributed by atoms with van der Waals surface area (Å²) in [5.41, 5.74) is 17.0. The Bertz CT molecular complexity index is 2410. The van der Waals surface area contributed by atoms with Crippen molar-refractivity contribution in [2.75, 3.05) is 0 Å². The molecule has 0 N–H and O–H groups in total. The minimum atomic E-state index is -0.117. The standard InChI is InChI=1S/C48H39N3/c1-47(2)41-28-34(23-24-37(41)38-30-43-39(29-42(38)47)36-21-10-11-22-40(36)48(43)25-12-5-13-26-48)33-19-14-20-35(27-33)46-50-44(31-15-6-3-7-16-31)49-45(51-46)32-17-8-4-9-18-32/h3-4,6-11,14-24,27-30H,5,12-13,25-26H2,1-2H3. The molecule has 0 atom stereocenters. The number of fused-ring (bicyclic) bond motifs is 8. The van der Waals surface area contributed by atoms with Crippen LogP contribution in [-0.4, -0.2) is 15.0 Å². The highest BCUT2D eigenvalue weighted by atomic mass is 15.0. The first-order chi connectivity index (χ1) is 25.0. The van der Waals surface area contributed by atoms with Crippen LogP contribution in [0.25, 0.3) is 67.5 Å². The number of hydrogen-bond donors (Lipinski definition) is 0. The van der Waals surface area contributed by atoms with E-state index in [2.05, 4.69) is 117 Å². The van der Waals surface area contributed by atoms with Gasteiger partial charge in [0.2, 0.25) is 0 Å². The number of benzene rings is 6. The van der Waals surface area contributed by atoms with E-state index in [9.17, 15) is 0 Å². The van der Waals surface area contributed by atoms with E-state index in [1.165, 1.54) is 71.0 Å². The van der Waals surface area contributed by atoms with E-state index in [1.807, 2.05) is 36.4 Å². The predicted molar refractivity (Wildman–Crippen MR) is 208 cm³/mol. The maximum absolute atomic E-state index is 5.00. The molecule has 0 bridgehead atoms. The summed E-state index contributed by atoms with van der Waals surface area (Å²) in [6.07, 6.45) is 6.46. The van der Waals surface area contributed by atoms with Crippen LogP contribution in [0.2, 0.25) is 0 Å². The maximum Gasteiger partial charge on any atom is 0.164 e. The third-order valence-electron chi connectivity index (χ3n) is 11.9. The molecule has 0 saturated heterocycles. The summed E-state index contributed by atoms with van der Waals surface area (Å²) in [6, 6.07) is 50.5. The van der Waals surface area contributed by atoms with Crippen molar-refractivity contribution < 1.29 is 0 Å². The summed E-state index contributed by atoms with van der Waals surface area (Å²) in [6.45, 7) is 4.81. The zero-order valence-electron chi connectivity index (χ0n) is 29.2.